The Morgan fingerprint density at radius 2 is 2.03 bits per heavy atom. The van der Waals surface area contributed by atoms with E-state index in [1.54, 1.807) is 30.9 Å². The summed E-state index contributed by atoms with van der Waals surface area (Å²) >= 11 is 0. The molecule has 2 N–H and O–H groups in total. The number of anilines is 1. The van der Waals surface area contributed by atoms with Crippen LogP contribution in [-0.4, -0.2) is 36.3 Å². The van der Waals surface area contributed by atoms with Crippen LogP contribution in [0.25, 0.3) is 27.7 Å². The highest BCUT2D eigenvalue weighted by molar-refractivity contribution is 5.97. The molecule has 4 aromatic heterocycles. The summed E-state index contributed by atoms with van der Waals surface area (Å²) in [7, 11) is 0. The van der Waals surface area contributed by atoms with Crippen LogP contribution in [0.5, 0.6) is 0 Å². The van der Waals surface area contributed by atoms with Gasteiger partial charge >= 0.3 is 0 Å². The maximum Gasteiger partial charge on any atom is 0.260 e. The minimum absolute atomic E-state index is 0.212. The number of pyridine rings is 3. The van der Waals surface area contributed by atoms with Crippen molar-refractivity contribution < 1.29 is 18.7 Å². The molecule has 1 fully saturated rings. The summed E-state index contributed by atoms with van der Waals surface area (Å²) in [5.41, 5.74) is 4.72. The number of carbonyl (C=O) groups is 1. The molecule has 0 bridgehead atoms. The van der Waals surface area contributed by atoms with Gasteiger partial charge in [0.15, 0.2) is 0 Å². The molecule has 9 heteroatoms. The summed E-state index contributed by atoms with van der Waals surface area (Å²) in [6.07, 6.45) is 6.32. The van der Waals surface area contributed by atoms with Gasteiger partial charge < -0.3 is 10.4 Å². The van der Waals surface area contributed by atoms with Gasteiger partial charge in [0.05, 0.1) is 17.3 Å². The molecule has 4 heterocycles. The number of aliphatic hydroxyl groups excluding tert-OH is 1. The first-order valence-electron chi connectivity index (χ1n) is 10.4. The number of aryl methyl sites for hydroxylation is 1. The lowest BCUT2D eigenvalue weighted by Gasteiger charge is -2.14. The highest BCUT2D eigenvalue weighted by Crippen LogP contribution is 2.49. The molecule has 1 aliphatic carbocycles. The summed E-state index contributed by atoms with van der Waals surface area (Å²) in [6.45, 7) is 3.85. The Morgan fingerprint density at radius 3 is 2.72 bits per heavy atom. The van der Waals surface area contributed by atoms with Gasteiger partial charge in [0.1, 0.15) is 17.4 Å². The quantitative estimate of drug-likeness (QED) is 0.486. The van der Waals surface area contributed by atoms with Crippen molar-refractivity contribution in [3.63, 3.8) is 0 Å². The second-order valence-corrected chi connectivity index (χ2v) is 8.16. The van der Waals surface area contributed by atoms with E-state index in [2.05, 4.69) is 20.3 Å². The fraction of sp³-hybridized carbons (Fsp3) is 0.304. The van der Waals surface area contributed by atoms with Gasteiger partial charge in [-0.1, -0.05) is 6.92 Å². The number of carbonyl (C=O) groups excluding carboxylic acids is 1. The molecular formula is C23H21F2N5O2. The van der Waals surface area contributed by atoms with Crippen molar-refractivity contribution in [3.05, 3.63) is 54.2 Å². The highest BCUT2D eigenvalue weighted by Gasteiger charge is 2.61. The molecule has 32 heavy (non-hydrogen) atoms. The Balaban J connectivity index is 1.56. The van der Waals surface area contributed by atoms with E-state index in [0.717, 1.165) is 27.6 Å². The molecule has 5 rings (SSSR count). The average Bonchev–Trinajstić information content (AvgIpc) is 3.18. The second kappa shape index (κ2) is 7.30. The zero-order valence-corrected chi connectivity index (χ0v) is 17.5. The van der Waals surface area contributed by atoms with Crippen molar-refractivity contribution in [1.29, 1.82) is 0 Å². The molecule has 1 amide bonds. The predicted octanol–water partition coefficient (Wildman–Crippen LogP) is 4.29. The number of rotatable bonds is 5. The van der Waals surface area contributed by atoms with Gasteiger partial charge in [0.2, 0.25) is 5.91 Å². The van der Waals surface area contributed by atoms with Crippen molar-refractivity contribution >= 4 is 28.3 Å². The lowest BCUT2D eigenvalue weighted by molar-refractivity contribution is -0.119. The Bertz CT molecular complexity index is 1370. The number of nitrogens with zero attached hydrogens (tertiary/aromatic N) is 4. The number of fused-ring (bicyclic) bond motifs is 3. The van der Waals surface area contributed by atoms with Crippen molar-refractivity contribution in [2.75, 3.05) is 5.32 Å². The van der Waals surface area contributed by atoms with Crippen molar-refractivity contribution in [2.24, 2.45) is 5.92 Å². The topological polar surface area (TPSA) is 92.4 Å². The van der Waals surface area contributed by atoms with Crippen molar-refractivity contribution in [2.45, 2.75) is 38.7 Å². The van der Waals surface area contributed by atoms with Crippen LogP contribution < -0.4 is 5.32 Å². The third-order valence-corrected chi connectivity index (χ3v) is 5.90. The standard InChI is InChI=1S/C23H21F2N5O2/c1-3-19(31)17-6-12(2)15(11-27-17)14-7-13-10-28-20(29-22(32)16-9-23(16,24)25)8-18(13)30-5-4-26-21(14)30/h4-8,10-11,16,19,31H,3,9H2,1-2H3,(H,28,29,32). The smallest absolute Gasteiger partial charge is 0.260 e. The molecule has 0 aliphatic heterocycles. The summed E-state index contributed by atoms with van der Waals surface area (Å²) < 4.78 is 28.2. The first kappa shape index (κ1) is 20.4. The van der Waals surface area contributed by atoms with Gasteiger partial charge in [-0.25, -0.2) is 18.7 Å². The lowest BCUT2D eigenvalue weighted by atomic mass is 10.0. The molecule has 2 atom stereocenters. The molecule has 1 saturated carbocycles. The lowest BCUT2D eigenvalue weighted by Crippen LogP contribution is -2.18. The second-order valence-electron chi connectivity index (χ2n) is 8.16. The van der Waals surface area contributed by atoms with Crippen molar-refractivity contribution in [1.82, 2.24) is 19.4 Å². The van der Waals surface area contributed by atoms with E-state index in [9.17, 15) is 18.7 Å². The summed E-state index contributed by atoms with van der Waals surface area (Å²) in [4.78, 5) is 25.2. The summed E-state index contributed by atoms with van der Waals surface area (Å²) in [5, 5.41) is 13.4. The van der Waals surface area contributed by atoms with Gasteiger partial charge in [0.25, 0.3) is 5.92 Å². The molecule has 0 aromatic carbocycles. The number of imidazole rings is 1. The third-order valence-electron chi connectivity index (χ3n) is 5.90. The molecule has 2 unspecified atom stereocenters. The third kappa shape index (κ3) is 3.38. The monoisotopic (exact) mass is 437 g/mol. The van der Waals surface area contributed by atoms with E-state index in [0.29, 0.717) is 17.8 Å². The molecule has 1 aliphatic rings. The molecule has 7 nitrogen and oxygen atoms in total. The van der Waals surface area contributed by atoms with Crippen LogP contribution in [0.4, 0.5) is 14.6 Å². The number of amides is 1. The maximum atomic E-state index is 13.2. The van der Waals surface area contributed by atoms with Crippen LogP contribution in [0.2, 0.25) is 0 Å². The van der Waals surface area contributed by atoms with E-state index in [1.807, 2.05) is 30.4 Å². The van der Waals surface area contributed by atoms with Gasteiger partial charge in [-0.05, 0) is 31.0 Å². The van der Waals surface area contributed by atoms with Gasteiger partial charge in [-0.2, -0.15) is 0 Å². The van der Waals surface area contributed by atoms with Crippen LogP contribution in [0.1, 0.15) is 37.1 Å². The van der Waals surface area contributed by atoms with Gasteiger partial charge in [0, 0.05) is 53.8 Å². The molecule has 4 aromatic rings. The predicted molar refractivity (Wildman–Crippen MR) is 115 cm³/mol. The first-order valence-corrected chi connectivity index (χ1v) is 10.4. The molecule has 0 radical (unpaired) electrons. The number of nitrogens with one attached hydrogen (secondary N) is 1. The number of hydrogen-bond acceptors (Lipinski definition) is 5. The first-order chi connectivity index (χ1) is 15.3. The van der Waals surface area contributed by atoms with Crippen LogP contribution in [-0.2, 0) is 4.79 Å². The van der Waals surface area contributed by atoms with Crippen LogP contribution in [0.3, 0.4) is 0 Å². The minimum atomic E-state index is -2.93. The van der Waals surface area contributed by atoms with Gasteiger partial charge in [-0.15, -0.1) is 0 Å². The fourth-order valence-electron chi connectivity index (χ4n) is 3.92. The maximum absolute atomic E-state index is 13.2. The number of hydrogen-bond donors (Lipinski definition) is 2. The van der Waals surface area contributed by atoms with E-state index in [1.165, 1.54) is 0 Å². The molecular weight excluding hydrogens is 416 g/mol. The number of halogens is 2. The molecule has 0 saturated heterocycles. The number of aliphatic hydroxyl groups is 1. The zero-order valence-electron chi connectivity index (χ0n) is 17.5. The number of alkyl halides is 2. The van der Waals surface area contributed by atoms with E-state index in [4.69, 9.17) is 0 Å². The Kier molecular flexibility index (Phi) is 4.67. The Morgan fingerprint density at radius 1 is 1.25 bits per heavy atom. The Hall–Kier alpha value is -3.46. The van der Waals surface area contributed by atoms with Crippen LogP contribution >= 0.6 is 0 Å². The Labute approximate surface area is 182 Å². The minimum Gasteiger partial charge on any atom is -0.387 e. The summed E-state index contributed by atoms with van der Waals surface area (Å²) in [5.74, 6) is -4.73. The van der Waals surface area contributed by atoms with Crippen LogP contribution in [0.15, 0.2) is 43.0 Å². The fourth-order valence-corrected chi connectivity index (χ4v) is 3.92. The number of aromatic nitrogens is 4. The van der Waals surface area contributed by atoms with E-state index < -0.39 is 30.3 Å². The van der Waals surface area contributed by atoms with Crippen LogP contribution in [0, 0.1) is 12.8 Å². The van der Waals surface area contributed by atoms with Gasteiger partial charge in [-0.3, -0.25) is 14.2 Å². The largest absolute Gasteiger partial charge is 0.387 e. The summed E-state index contributed by atoms with van der Waals surface area (Å²) in [6, 6.07) is 5.46. The molecule has 164 valence electrons. The average molecular weight is 437 g/mol. The van der Waals surface area contributed by atoms with Crippen molar-refractivity contribution in [3.8, 4) is 11.1 Å². The SMILES string of the molecule is CCC(O)c1cc(C)c(-c2cc3cnc(NC(=O)C4CC4(F)F)cc3n3ccnc23)cn1. The highest BCUT2D eigenvalue weighted by atomic mass is 19.3. The zero-order chi connectivity index (χ0) is 22.6. The van der Waals surface area contributed by atoms with E-state index >= 15 is 0 Å². The van der Waals surface area contributed by atoms with E-state index in [-0.39, 0.29) is 5.82 Å². The normalized spacial score (nSPS) is 18.1. The molecule has 0 spiro atoms.